The molecule has 2 aromatic carbocycles. The van der Waals surface area contributed by atoms with Crippen LogP contribution >= 0.6 is 11.8 Å². The molecule has 2 aromatic heterocycles. The number of benzene rings is 2. The number of thioether (sulfide) groups is 1. The third kappa shape index (κ3) is 4.83. The minimum absolute atomic E-state index is 0.0626. The highest BCUT2D eigenvalue weighted by Crippen LogP contribution is 2.26. The third-order valence-electron chi connectivity index (χ3n) is 4.43. The van der Waals surface area contributed by atoms with E-state index in [1.165, 1.54) is 4.68 Å². The lowest BCUT2D eigenvalue weighted by atomic mass is 10.1. The van der Waals surface area contributed by atoms with Crippen molar-refractivity contribution < 1.29 is 9.21 Å². The van der Waals surface area contributed by atoms with Gasteiger partial charge in [-0.2, -0.15) is 5.10 Å². The van der Waals surface area contributed by atoms with Crippen molar-refractivity contribution in [2.24, 2.45) is 0 Å². The highest BCUT2D eigenvalue weighted by molar-refractivity contribution is 7.99. The summed E-state index contributed by atoms with van der Waals surface area (Å²) in [5, 5.41) is 16.9. The molecule has 0 aliphatic rings. The summed E-state index contributed by atoms with van der Waals surface area (Å²) in [5.74, 6) is 0.256. The minimum Gasteiger partial charge on any atom is -0.409 e. The summed E-state index contributed by atoms with van der Waals surface area (Å²) in [6.45, 7) is 4.12. The first-order valence-corrected chi connectivity index (χ1v) is 10.8. The molecule has 1 amide bonds. The molecule has 158 valence electrons. The molecule has 0 saturated carbocycles. The Labute approximate surface area is 182 Å². The molecule has 31 heavy (non-hydrogen) atoms. The maximum absolute atomic E-state index is 13.0. The summed E-state index contributed by atoms with van der Waals surface area (Å²) in [7, 11) is 0. The number of amides is 1. The van der Waals surface area contributed by atoms with Gasteiger partial charge in [0.25, 0.3) is 16.7 Å². The molecule has 0 unspecified atom stereocenters. The number of hydrogen-bond donors (Lipinski definition) is 1. The fourth-order valence-electron chi connectivity index (χ4n) is 3.11. The van der Waals surface area contributed by atoms with Crippen LogP contribution in [0.25, 0.3) is 22.4 Å². The van der Waals surface area contributed by atoms with E-state index in [2.05, 4.69) is 20.6 Å². The average Bonchev–Trinajstić information content (AvgIpc) is 3.23. The molecular weight excluding hydrogens is 414 g/mol. The Kier molecular flexibility index (Phi) is 6.13. The summed E-state index contributed by atoms with van der Waals surface area (Å²) in [5.41, 5.74) is 1.19. The summed E-state index contributed by atoms with van der Waals surface area (Å²) in [4.78, 5) is 24.8. The van der Waals surface area contributed by atoms with Gasteiger partial charge in [-0.1, -0.05) is 60.3 Å². The molecule has 9 heteroatoms. The maximum atomic E-state index is 13.0. The number of rotatable bonds is 7. The lowest BCUT2D eigenvalue weighted by Gasteiger charge is -2.09. The second kappa shape index (κ2) is 9.13. The van der Waals surface area contributed by atoms with Crippen LogP contribution in [-0.2, 0) is 11.3 Å². The van der Waals surface area contributed by atoms with Crippen molar-refractivity contribution in [3.8, 4) is 11.6 Å². The molecule has 0 radical (unpaired) electrons. The van der Waals surface area contributed by atoms with Crippen LogP contribution < -0.4 is 10.9 Å². The zero-order valence-corrected chi connectivity index (χ0v) is 17.9. The second-order valence-electron chi connectivity index (χ2n) is 7.23. The van der Waals surface area contributed by atoms with Gasteiger partial charge in [-0.05, 0) is 25.5 Å². The van der Waals surface area contributed by atoms with Crippen molar-refractivity contribution in [2.45, 2.75) is 31.7 Å². The van der Waals surface area contributed by atoms with Gasteiger partial charge in [-0.3, -0.25) is 9.59 Å². The quantitative estimate of drug-likeness (QED) is 0.445. The SMILES string of the molecule is CC(C)NC(=O)CSc1nnc(-c2nn(Cc3ccccc3)c(=O)c3ccccc23)o1. The first-order valence-electron chi connectivity index (χ1n) is 9.81. The number of fused-ring (bicyclic) bond motifs is 1. The fourth-order valence-corrected chi connectivity index (χ4v) is 3.69. The molecule has 2 heterocycles. The van der Waals surface area contributed by atoms with Gasteiger partial charge < -0.3 is 9.73 Å². The zero-order chi connectivity index (χ0) is 21.8. The Morgan fingerprint density at radius 2 is 1.77 bits per heavy atom. The number of aromatic nitrogens is 4. The molecule has 8 nitrogen and oxygen atoms in total. The van der Waals surface area contributed by atoms with Crippen molar-refractivity contribution in [3.63, 3.8) is 0 Å². The number of nitrogens with zero attached hydrogens (tertiary/aromatic N) is 4. The average molecular weight is 436 g/mol. The van der Waals surface area contributed by atoms with E-state index >= 15 is 0 Å². The van der Waals surface area contributed by atoms with Crippen LogP contribution in [-0.4, -0.2) is 37.7 Å². The van der Waals surface area contributed by atoms with Crippen LogP contribution in [0.15, 0.2) is 69.0 Å². The van der Waals surface area contributed by atoms with E-state index in [1.807, 2.05) is 56.3 Å². The lowest BCUT2D eigenvalue weighted by Crippen LogP contribution is -2.31. The molecule has 4 aromatic rings. The number of hydrogen-bond acceptors (Lipinski definition) is 7. The van der Waals surface area contributed by atoms with Gasteiger partial charge in [0.1, 0.15) is 0 Å². The molecular formula is C22H21N5O3S. The van der Waals surface area contributed by atoms with Gasteiger partial charge in [0.05, 0.1) is 17.7 Å². The molecule has 4 rings (SSSR count). The van der Waals surface area contributed by atoms with E-state index < -0.39 is 0 Å². The Morgan fingerprint density at radius 1 is 1.06 bits per heavy atom. The van der Waals surface area contributed by atoms with Gasteiger partial charge >= 0.3 is 0 Å². The van der Waals surface area contributed by atoms with Crippen molar-refractivity contribution in [1.82, 2.24) is 25.3 Å². The topological polar surface area (TPSA) is 103 Å². The summed E-state index contributed by atoms with van der Waals surface area (Å²) in [6, 6.07) is 16.9. The Balaban J connectivity index is 1.67. The molecule has 0 spiro atoms. The molecule has 0 aliphatic heterocycles. The van der Waals surface area contributed by atoms with Crippen LogP contribution in [0.5, 0.6) is 0 Å². The van der Waals surface area contributed by atoms with Crippen molar-refractivity contribution in [1.29, 1.82) is 0 Å². The molecule has 0 atom stereocenters. The predicted octanol–water partition coefficient (Wildman–Crippen LogP) is 3.11. The Bertz CT molecular complexity index is 1270. The molecule has 0 aliphatic carbocycles. The van der Waals surface area contributed by atoms with E-state index in [0.717, 1.165) is 17.3 Å². The van der Waals surface area contributed by atoms with Gasteiger partial charge in [0.15, 0.2) is 5.69 Å². The molecule has 0 bridgehead atoms. The van der Waals surface area contributed by atoms with Crippen LogP contribution in [0.2, 0.25) is 0 Å². The first-order chi connectivity index (χ1) is 15.0. The van der Waals surface area contributed by atoms with E-state index in [-0.39, 0.29) is 34.4 Å². The highest BCUT2D eigenvalue weighted by Gasteiger charge is 2.18. The van der Waals surface area contributed by atoms with E-state index in [0.29, 0.717) is 23.0 Å². The number of carbonyl (C=O) groups excluding carboxylic acids is 1. The largest absolute Gasteiger partial charge is 0.409 e. The van der Waals surface area contributed by atoms with Crippen LogP contribution in [0.4, 0.5) is 0 Å². The molecule has 0 fully saturated rings. The van der Waals surface area contributed by atoms with Crippen molar-refractivity contribution >= 4 is 28.4 Å². The smallest absolute Gasteiger partial charge is 0.277 e. The summed E-state index contributed by atoms with van der Waals surface area (Å²) >= 11 is 1.15. The van der Waals surface area contributed by atoms with Gasteiger partial charge in [-0.15, -0.1) is 10.2 Å². The molecule has 0 saturated heterocycles. The van der Waals surface area contributed by atoms with Gasteiger partial charge in [-0.25, -0.2) is 4.68 Å². The monoisotopic (exact) mass is 435 g/mol. The lowest BCUT2D eigenvalue weighted by molar-refractivity contribution is -0.119. The third-order valence-corrected chi connectivity index (χ3v) is 5.25. The van der Waals surface area contributed by atoms with E-state index in [4.69, 9.17) is 4.42 Å². The minimum atomic E-state index is -0.192. The van der Waals surface area contributed by atoms with Gasteiger partial charge in [0, 0.05) is 11.4 Å². The summed E-state index contributed by atoms with van der Waals surface area (Å²) in [6.07, 6.45) is 0. The maximum Gasteiger partial charge on any atom is 0.277 e. The first kappa shape index (κ1) is 20.8. The Hall–Kier alpha value is -3.46. The normalized spacial score (nSPS) is 11.2. The highest BCUT2D eigenvalue weighted by atomic mass is 32.2. The van der Waals surface area contributed by atoms with E-state index in [9.17, 15) is 9.59 Å². The standard InChI is InChI=1S/C22H21N5O3S/c1-14(2)23-18(28)13-31-22-25-24-20(30-22)19-16-10-6-7-11-17(16)21(29)27(26-19)12-15-8-4-3-5-9-15/h3-11,14H,12-13H2,1-2H3,(H,23,28). The second-order valence-corrected chi connectivity index (χ2v) is 8.15. The summed E-state index contributed by atoms with van der Waals surface area (Å²) < 4.78 is 7.16. The van der Waals surface area contributed by atoms with E-state index in [1.54, 1.807) is 12.1 Å². The molecule has 1 N–H and O–H groups in total. The van der Waals surface area contributed by atoms with Crippen LogP contribution in [0.3, 0.4) is 0 Å². The number of carbonyl (C=O) groups is 1. The zero-order valence-electron chi connectivity index (χ0n) is 17.1. The van der Waals surface area contributed by atoms with Crippen molar-refractivity contribution in [3.05, 3.63) is 70.5 Å². The Morgan fingerprint density at radius 3 is 2.52 bits per heavy atom. The fraction of sp³-hybridized carbons (Fsp3) is 0.227. The number of nitrogens with one attached hydrogen (secondary N) is 1. The van der Waals surface area contributed by atoms with Crippen LogP contribution in [0, 0.1) is 0 Å². The predicted molar refractivity (Wildman–Crippen MR) is 119 cm³/mol. The van der Waals surface area contributed by atoms with Gasteiger partial charge in [0.2, 0.25) is 5.91 Å². The van der Waals surface area contributed by atoms with Crippen LogP contribution in [0.1, 0.15) is 19.4 Å². The van der Waals surface area contributed by atoms with Crippen molar-refractivity contribution in [2.75, 3.05) is 5.75 Å².